The molecule has 94 valence electrons. The lowest BCUT2D eigenvalue weighted by molar-refractivity contribution is -0.137. The maximum Gasteiger partial charge on any atom is 0.416 e. The van der Waals surface area contributed by atoms with E-state index in [0.717, 1.165) is 12.1 Å². The molecule has 0 amide bonds. The predicted molar refractivity (Wildman–Crippen MR) is 56.6 cm³/mol. The van der Waals surface area contributed by atoms with E-state index in [1.165, 1.54) is 0 Å². The van der Waals surface area contributed by atoms with Crippen molar-refractivity contribution in [1.29, 1.82) is 5.26 Å². The maximum absolute atomic E-state index is 13.1. The summed E-state index contributed by atoms with van der Waals surface area (Å²) in [5.41, 5.74) is -1.25. The minimum absolute atomic E-state index is 0.00388. The van der Waals surface area contributed by atoms with E-state index in [1.54, 1.807) is 6.07 Å². The first-order chi connectivity index (χ1) is 8.38. The topological polar surface area (TPSA) is 35.8 Å². The molecule has 0 aliphatic carbocycles. The molecule has 0 aromatic heterocycles. The summed E-state index contributed by atoms with van der Waals surface area (Å²) in [6.45, 7) is -0.00388. The molecular formula is C12H8F4N2. The van der Waals surface area contributed by atoms with Crippen LogP contribution in [0.2, 0.25) is 0 Å². The van der Waals surface area contributed by atoms with Crippen LogP contribution in [0.25, 0.3) is 0 Å². The van der Waals surface area contributed by atoms with Gasteiger partial charge in [-0.1, -0.05) is 5.92 Å². The third-order valence-corrected chi connectivity index (χ3v) is 2.12. The van der Waals surface area contributed by atoms with E-state index in [9.17, 15) is 17.6 Å². The van der Waals surface area contributed by atoms with Crippen molar-refractivity contribution in [2.24, 2.45) is 0 Å². The van der Waals surface area contributed by atoms with Crippen molar-refractivity contribution >= 4 is 0 Å². The number of nitrogens with zero attached hydrogens (tertiary/aromatic N) is 1. The van der Waals surface area contributed by atoms with Gasteiger partial charge in [-0.3, -0.25) is 5.32 Å². The van der Waals surface area contributed by atoms with Gasteiger partial charge in [0.25, 0.3) is 0 Å². The molecule has 1 atom stereocenters. The van der Waals surface area contributed by atoms with Crippen molar-refractivity contribution in [3.63, 3.8) is 0 Å². The van der Waals surface area contributed by atoms with E-state index in [2.05, 4.69) is 11.2 Å². The van der Waals surface area contributed by atoms with Crippen LogP contribution in [0.4, 0.5) is 17.6 Å². The molecule has 0 fully saturated rings. The zero-order chi connectivity index (χ0) is 13.8. The molecule has 0 aliphatic heterocycles. The van der Waals surface area contributed by atoms with Gasteiger partial charge in [0.1, 0.15) is 11.9 Å². The lowest BCUT2D eigenvalue weighted by atomic mass is 10.0. The first kappa shape index (κ1) is 14.0. The standard InChI is InChI=1S/C12H8F4N2/c1-2-3-18-11(7-17)8-4-9(12(14,15)16)6-10(13)5-8/h1,4-6,11,18H,3H2. The second-order valence-electron chi connectivity index (χ2n) is 3.42. The van der Waals surface area contributed by atoms with Gasteiger partial charge < -0.3 is 0 Å². The van der Waals surface area contributed by atoms with Crippen molar-refractivity contribution in [3.8, 4) is 18.4 Å². The number of rotatable bonds is 3. The van der Waals surface area contributed by atoms with Crippen LogP contribution in [-0.2, 0) is 6.18 Å². The number of hydrogen-bond donors (Lipinski definition) is 1. The Bertz CT molecular complexity index is 508. The number of nitriles is 1. The minimum atomic E-state index is -4.66. The molecule has 1 unspecified atom stereocenters. The van der Waals surface area contributed by atoms with Crippen LogP contribution >= 0.6 is 0 Å². The van der Waals surface area contributed by atoms with Gasteiger partial charge >= 0.3 is 6.18 Å². The van der Waals surface area contributed by atoms with E-state index in [4.69, 9.17) is 11.7 Å². The smallest absolute Gasteiger partial charge is 0.287 e. The van der Waals surface area contributed by atoms with Crippen molar-refractivity contribution < 1.29 is 17.6 Å². The summed E-state index contributed by atoms with van der Waals surface area (Å²) >= 11 is 0. The van der Waals surface area contributed by atoms with Crippen LogP contribution in [0.3, 0.4) is 0 Å². The van der Waals surface area contributed by atoms with Crippen molar-refractivity contribution in [1.82, 2.24) is 5.32 Å². The zero-order valence-electron chi connectivity index (χ0n) is 9.05. The lowest BCUT2D eigenvalue weighted by Crippen LogP contribution is -2.21. The number of terminal acetylenes is 1. The maximum atomic E-state index is 13.1. The van der Waals surface area contributed by atoms with E-state index >= 15 is 0 Å². The Morgan fingerprint density at radius 1 is 1.33 bits per heavy atom. The summed E-state index contributed by atoms with van der Waals surface area (Å²) in [5.74, 6) is 1.13. The molecule has 0 bridgehead atoms. The van der Waals surface area contributed by atoms with Crippen molar-refractivity contribution in [2.45, 2.75) is 12.2 Å². The summed E-state index contributed by atoms with van der Waals surface area (Å²) in [6.07, 6.45) is 0.299. The second-order valence-corrected chi connectivity index (χ2v) is 3.42. The number of benzene rings is 1. The first-order valence-corrected chi connectivity index (χ1v) is 4.82. The van der Waals surface area contributed by atoms with E-state index < -0.39 is 23.6 Å². The van der Waals surface area contributed by atoms with Crippen LogP contribution in [-0.4, -0.2) is 6.54 Å². The first-order valence-electron chi connectivity index (χ1n) is 4.82. The van der Waals surface area contributed by atoms with Crippen LogP contribution in [0.15, 0.2) is 18.2 Å². The fourth-order valence-corrected chi connectivity index (χ4v) is 1.34. The molecule has 0 aliphatic rings. The van der Waals surface area contributed by atoms with E-state index in [0.29, 0.717) is 6.07 Å². The lowest BCUT2D eigenvalue weighted by Gasteiger charge is -2.13. The normalized spacial score (nSPS) is 12.6. The SMILES string of the molecule is C#CCNC(C#N)c1cc(F)cc(C(F)(F)F)c1. The Morgan fingerprint density at radius 2 is 2.00 bits per heavy atom. The Morgan fingerprint density at radius 3 is 2.50 bits per heavy atom. The van der Waals surface area contributed by atoms with Gasteiger partial charge in [0.15, 0.2) is 0 Å². The van der Waals surface area contributed by atoms with Gasteiger partial charge in [-0.05, 0) is 23.8 Å². The average Bonchev–Trinajstić information content (AvgIpc) is 2.28. The van der Waals surface area contributed by atoms with Crippen molar-refractivity contribution in [2.75, 3.05) is 6.54 Å². The van der Waals surface area contributed by atoms with E-state index in [-0.39, 0.29) is 12.1 Å². The summed E-state index contributed by atoms with van der Waals surface area (Å²) in [6, 6.07) is 2.60. The molecule has 0 heterocycles. The molecule has 0 radical (unpaired) electrons. The highest BCUT2D eigenvalue weighted by Crippen LogP contribution is 2.31. The fourth-order valence-electron chi connectivity index (χ4n) is 1.34. The second kappa shape index (κ2) is 5.52. The Balaban J connectivity index is 3.13. The van der Waals surface area contributed by atoms with Crippen LogP contribution in [0, 0.1) is 29.5 Å². The van der Waals surface area contributed by atoms with Gasteiger partial charge in [-0.15, -0.1) is 6.42 Å². The van der Waals surface area contributed by atoms with E-state index in [1.807, 2.05) is 0 Å². The average molecular weight is 256 g/mol. The Labute approximate surface area is 101 Å². The molecule has 6 heteroatoms. The van der Waals surface area contributed by atoms with Crippen LogP contribution < -0.4 is 5.32 Å². The highest BCUT2D eigenvalue weighted by atomic mass is 19.4. The minimum Gasteiger partial charge on any atom is -0.287 e. The quantitative estimate of drug-likeness (QED) is 0.666. The zero-order valence-corrected chi connectivity index (χ0v) is 9.05. The largest absolute Gasteiger partial charge is 0.416 e. The van der Waals surface area contributed by atoms with Gasteiger partial charge in [0, 0.05) is 0 Å². The summed E-state index contributed by atoms with van der Waals surface area (Å²) in [7, 11) is 0. The summed E-state index contributed by atoms with van der Waals surface area (Å²) in [4.78, 5) is 0. The molecule has 0 saturated carbocycles. The third-order valence-electron chi connectivity index (χ3n) is 2.12. The Hall–Kier alpha value is -2.05. The molecular weight excluding hydrogens is 248 g/mol. The highest BCUT2D eigenvalue weighted by molar-refractivity contribution is 5.31. The van der Waals surface area contributed by atoms with Crippen LogP contribution in [0.5, 0.6) is 0 Å². The van der Waals surface area contributed by atoms with Crippen molar-refractivity contribution in [3.05, 3.63) is 35.1 Å². The highest BCUT2D eigenvalue weighted by Gasteiger charge is 2.32. The fraction of sp³-hybridized carbons (Fsp3) is 0.250. The molecule has 1 rings (SSSR count). The molecule has 0 spiro atoms. The van der Waals surface area contributed by atoms with Gasteiger partial charge in [-0.2, -0.15) is 18.4 Å². The number of nitrogens with one attached hydrogen (secondary N) is 1. The molecule has 2 nitrogen and oxygen atoms in total. The summed E-state index contributed by atoms with van der Waals surface area (Å²) in [5, 5.41) is 11.3. The third kappa shape index (κ3) is 3.47. The number of hydrogen-bond acceptors (Lipinski definition) is 2. The molecule has 18 heavy (non-hydrogen) atoms. The summed E-state index contributed by atoms with van der Waals surface area (Å²) < 4.78 is 50.5. The van der Waals surface area contributed by atoms with Gasteiger partial charge in [-0.25, -0.2) is 4.39 Å². The van der Waals surface area contributed by atoms with Gasteiger partial charge in [0.2, 0.25) is 0 Å². The number of halogens is 4. The Kier molecular flexibility index (Phi) is 4.30. The molecule has 0 saturated heterocycles. The van der Waals surface area contributed by atoms with Gasteiger partial charge in [0.05, 0.1) is 18.2 Å². The predicted octanol–water partition coefficient (Wildman–Crippen LogP) is 2.63. The molecule has 1 N–H and O–H groups in total. The molecule has 1 aromatic carbocycles. The number of alkyl halides is 3. The molecule has 1 aromatic rings. The van der Waals surface area contributed by atoms with Crippen LogP contribution in [0.1, 0.15) is 17.2 Å². The monoisotopic (exact) mass is 256 g/mol.